The summed E-state index contributed by atoms with van der Waals surface area (Å²) in [6, 6.07) is 7.51. The average Bonchev–Trinajstić information content (AvgIpc) is 3.31. The molecule has 10 heteroatoms. The quantitative estimate of drug-likeness (QED) is 0.469. The lowest BCUT2D eigenvalue weighted by Crippen LogP contribution is -2.23. The second-order valence-corrected chi connectivity index (χ2v) is 7.85. The zero-order valence-corrected chi connectivity index (χ0v) is 17.1. The molecule has 1 unspecified atom stereocenters. The van der Waals surface area contributed by atoms with Gasteiger partial charge in [0.25, 0.3) is 5.56 Å². The molecule has 3 aromatic heterocycles. The third-order valence-corrected chi connectivity index (χ3v) is 5.64. The van der Waals surface area contributed by atoms with Crippen molar-refractivity contribution >= 4 is 11.2 Å². The van der Waals surface area contributed by atoms with E-state index >= 15 is 0 Å². The normalized spacial score (nSPS) is 19.3. The summed E-state index contributed by atoms with van der Waals surface area (Å²) in [7, 11) is 1.75. The monoisotopic (exact) mass is 424 g/mol. The van der Waals surface area contributed by atoms with Gasteiger partial charge in [-0.2, -0.15) is 4.98 Å². The van der Waals surface area contributed by atoms with E-state index in [9.17, 15) is 9.18 Å². The van der Waals surface area contributed by atoms with Gasteiger partial charge in [0.2, 0.25) is 12.2 Å². The smallest absolute Gasteiger partial charge is 0.280 e. The van der Waals surface area contributed by atoms with E-state index in [1.807, 2.05) is 12.1 Å². The molecule has 0 saturated heterocycles. The van der Waals surface area contributed by atoms with Crippen LogP contribution < -0.4 is 10.3 Å². The van der Waals surface area contributed by atoms with Gasteiger partial charge in [-0.05, 0) is 36.5 Å². The first kappa shape index (κ1) is 19.4. The number of hydrogen-bond donors (Lipinski definition) is 0. The van der Waals surface area contributed by atoms with E-state index in [4.69, 9.17) is 9.26 Å². The van der Waals surface area contributed by atoms with Crippen LogP contribution in [0, 0.1) is 0 Å². The lowest BCUT2D eigenvalue weighted by Gasteiger charge is -2.33. The molecule has 0 bridgehead atoms. The van der Waals surface area contributed by atoms with Gasteiger partial charge in [-0.1, -0.05) is 17.3 Å². The van der Waals surface area contributed by atoms with Crippen molar-refractivity contribution in [3.63, 3.8) is 0 Å². The van der Waals surface area contributed by atoms with Gasteiger partial charge in [0, 0.05) is 19.9 Å². The summed E-state index contributed by atoms with van der Waals surface area (Å²) < 4.78 is 26.4. The van der Waals surface area contributed by atoms with Gasteiger partial charge < -0.3 is 13.8 Å². The standard InChI is InChI=1S/C21H21FN6O3/c1-12(22)30-16-5-3-13(4-6-16)14-7-15(8-14)19-25-17(31-26-19)9-28-11-24-20-18(21(28)29)27(2)10-23-20/h3-6,10-12,14-15H,7-9H2,1-2H3. The largest absolute Gasteiger partial charge is 0.461 e. The average molecular weight is 424 g/mol. The number of imidazole rings is 1. The fraction of sp³-hybridized carbons (Fsp3) is 0.381. The number of alkyl halides is 1. The van der Waals surface area contributed by atoms with Crippen molar-refractivity contribution in [1.29, 1.82) is 0 Å². The van der Waals surface area contributed by atoms with E-state index in [0.29, 0.717) is 34.5 Å². The summed E-state index contributed by atoms with van der Waals surface area (Å²) in [6.07, 6.45) is 3.48. The van der Waals surface area contributed by atoms with Gasteiger partial charge in [-0.25, -0.2) is 14.4 Å². The van der Waals surface area contributed by atoms with Crippen molar-refractivity contribution in [3.8, 4) is 5.75 Å². The molecular formula is C21H21FN6O3. The Morgan fingerprint density at radius 2 is 1.94 bits per heavy atom. The highest BCUT2D eigenvalue weighted by Gasteiger charge is 2.34. The van der Waals surface area contributed by atoms with E-state index < -0.39 is 6.36 Å². The molecular weight excluding hydrogens is 403 g/mol. The third kappa shape index (κ3) is 3.69. The number of benzene rings is 1. The van der Waals surface area contributed by atoms with Crippen molar-refractivity contribution in [2.45, 2.75) is 44.5 Å². The number of ether oxygens (including phenoxy) is 1. The van der Waals surface area contributed by atoms with Gasteiger partial charge in [0.15, 0.2) is 17.0 Å². The molecule has 1 saturated carbocycles. The highest BCUT2D eigenvalue weighted by Crippen LogP contribution is 2.46. The maximum atomic E-state index is 12.9. The van der Waals surface area contributed by atoms with Crippen LogP contribution in [-0.2, 0) is 13.6 Å². The molecule has 31 heavy (non-hydrogen) atoms. The Kier molecular flexibility index (Phi) is 4.76. The number of nitrogens with zero attached hydrogens (tertiary/aromatic N) is 6. The number of halogens is 1. The van der Waals surface area contributed by atoms with Crippen molar-refractivity contribution < 1.29 is 13.7 Å². The summed E-state index contributed by atoms with van der Waals surface area (Å²) >= 11 is 0. The molecule has 0 aliphatic heterocycles. The molecule has 3 heterocycles. The maximum absolute atomic E-state index is 12.9. The molecule has 0 amide bonds. The van der Waals surface area contributed by atoms with Gasteiger partial charge in [-0.3, -0.25) is 9.36 Å². The van der Waals surface area contributed by atoms with Gasteiger partial charge >= 0.3 is 0 Å². The zero-order valence-electron chi connectivity index (χ0n) is 17.1. The Hall–Kier alpha value is -3.56. The Morgan fingerprint density at radius 1 is 1.19 bits per heavy atom. The van der Waals surface area contributed by atoms with Gasteiger partial charge in [-0.15, -0.1) is 0 Å². The van der Waals surface area contributed by atoms with Crippen molar-refractivity contribution in [2.75, 3.05) is 0 Å². The lowest BCUT2D eigenvalue weighted by molar-refractivity contribution is 0.0860. The number of aryl methyl sites for hydroxylation is 1. The second kappa shape index (κ2) is 7.60. The van der Waals surface area contributed by atoms with E-state index in [0.717, 1.165) is 12.8 Å². The fourth-order valence-electron chi connectivity index (χ4n) is 3.94. The molecule has 9 nitrogen and oxygen atoms in total. The summed E-state index contributed by atoms with van der Waals surface area (Å²) in [6.45, 7) is 1.51. The molecule has 5 rings (SSSR count). The number of fused-ring (bicyclic) bond motifs is 1. The first-order valence-corrected chi connectivity index (χ1v) is 10.1. The van der Waals surface area contributed by atoms with Crippen LogP contribution in [0.15, 0.2) is 46.2 Å². The minimum Gasteiger partial charge on any atom is -0.461 e. The van der Waals surface area contributed by atoms with Crippen LogP contribution in [0.25, 0.3) is 11.2 Å². The van der Waals surface area contributed by atoms with E-state index in [1.165, 1.54) is 23.4 Å². The summed E-state index contributed by atoms with van der Waals surface area (Å²) in [5, 5.41) is 4.11. The topological polar surface area (TPSA) is 101 Å². The molecule has 1 aromatic carbocycles. The first-order chi connectivity index (χ1) is 15.0. The zero-order chi connectivity index (χ0) is 21.5. The SMILES string of the molecule is CC(F)Oc1ccc(C2CC(c3noc(Cn4cnc5ncn(C)c5c4=O)n3)C2)cc1. The number of rotatable bonds is 6. The lowest BCUT2D eigenvalue weighted by atomic mass is 9.71. The summed E-state index contributed by atoms with van der Waals surface area (Å²) in [5.41, 5.74) is 1.82. The molecule has 0 N–H and O–H groups in total. The van der Waals surface area contributed by atoms with Crippen LogP contribution in [0.2, 0.25) is 0 Å². The van der Waals surface area contributed by atoms with E-state index in [1.54, 1.807) is 30.1 Å². The second-order valence-electron chi connectivity index (χ2n) is 7.85. The first-order valence-electron chi connectivity index (χ1n) is 10.1. The van der Waals surface area contributed by atoms with E-state index in [-0.39, 0.29) is 18.0 Å². The Bertz CT molecular complexity index is 1270. The molecule has 1 atom stereocenters. The molecule has 4 aromatic rings. The molecule has 0 radical (unpaired) electrons. The maximum Gasteiger partial charge on any atom is 0.280 e. The number of aromatic nitrogens is 6. The third-order valence-electron chi connectivity index (χ3n) is 5.64. The van der Waals surface area contributed by atoms with Crippen LogP contribution in [0.4, 0.5) is 4.39 Å². The summed E-state index contributed by atoms with van der Waals surface area (Å²) in [5.74, 6) is 2.14. The van der Waals surface area contributed by atoms with Crippen molar-refractivity contribution in [2.24, 2.45) is 7.05 Å². The Morgan fingerprint density at radius 3 is 2.68 bits per heavy atom. The Balaban J connectivity index is 1.24. The van der Waals surface area contributed by atoms with Gasteiger partial charge in [0.05, 0.1) is 6.33 Å². The molecule has 0 spiro atoms. The molecule has 1 fully saturated rings. The van der Waals surface area contributed by atoms with Crippen LogP contribution in [0.3, 0.4) is 0 Å². The minimum absolute atomic E-state index is 0.157. The van der Waals surface area contributed by atoms with Crippen LogP contribution in [0.5, 0.6) is 5.75 Å². The number of hydrogen-bond acceptors (Lipinski definition) is 7. The van der Waals surface area contributed by atoms with Crippen molar-refractivity contribution in [3.05, 3.63) is 64.6 Å². The van der Waals surface area contributed by atoms with Gasteiger partial charge in [0.1, 0.15) is 18.6 Å². The highest BCUT2D eigenvalue weighted by atomic mass is 19.1. The predicted molar refractivity (Wildman–Crippen MR) is 109 cm³/mol. The molecule has 160 valence electrons. The minimum atomic E-state index is -1.33. The van der Waals surface area contributed by atoms with Crippen LogP contribution in [-0.4, -0.2) is 35.6 Å². The van der Waals surface area contributed by atoms with Crippen molar-refractivity contribution in [1.82, 2.24) is 29.2 Å². The predicted octanol–water partition coefficient (Wildman–Crippen LogP) is 2.92. The Labute approximate surface area is 176 Å². The van der Waals surface area contributed by atoms with E-state index in [2.05, 4.69) is 20.1 Å². The fourth-order valence-corrected chi connectivity index (χ4v) is 3.94. The highest BCUT2D eigenvalue weighted by molar-refractivity contribution is 5.68. The molecule has 1 aliphatic rings. The van der Waals surface area contributed by atoms with Crippen LogP contribution in [0.1, 0.15) is 48.9 Å². The molecule has 1 aliphatic carbocycles. The van der Waals surface area contributed by atoms with Crippen LogP contribution >= 0.6 is 0 Å². The summed E-state index contributed by atoms with van der Waals surface area (Å²) in [4.78, 5) is 25.4.